The maximum Gasteiger partial charge on any atom is 0.257 e. The fraction of sp³-hybridized carbons (Fsp3) is 0.333. The summed E-state index contributed by atoms with van der Waals surface area (Å²) in [6.45, 7) is 4.58. The summed E-state index contributed by atoms with van der Waals surface area (Å²) in [5, 5.41) is 7.47. The van der Waals surface area contributed by atoms with E-state index in [4.69, 9.17) is 0 Å². The Bertz CT molecular complexity index is 1010. The van der Waals surface area contributed by atoms with E-state index in [2.05, 4.69) is 52.5 Å². The van der Waals surface area contributed by atoms with Gasteiger partial charge >= 0.3 is 0 Å². The van der Waals surface area contributed by atoms with Crippen LogP contribution >= 0.6 is 0 Å². The summed E-state index contributed by atoms with van der Waals surface area (Å²) in [4.78, 5) is 18.0. The number of fused-ring (bicyclic) bond motifs is 1. The van der Waals surface area contributed by atoms with Gasteiger partial charge in [-0.3, -0.25) is 14.8 Å². The first-order valence-electron chi connectivity index (χ1n) is 10.3. The number of aryl methyl sites for hydroxylation is 1. The van der Waals surface area contributed by atoms with E-state index in [9.17, 15) is 4.79 Å². The van der Waals surface area contributed by atoms with Crippen molar-refractivity contribution < 1.29 is 4.79 Å². The fourth-order valence-electron chi connectivity index (χ4n) is 5.23. The number of nitrogens with one attached hydrogen (secondary N) is 1. The molecule has 1 aromatic heterocycles. The highest BCUT2D eigenvalue weighted by Gasteiger charge is 2.47. The summed E-state index contributed by atoms with van der Waals surface area (Å²) in [7, 11) is 2.20. The number of aromatic amines is 1. The van der Waals surface area contributed by atoms with Crippen LogP contribution in [0.5, 0.6) is 0 Å². The Labute approximate surface area is 171 Å². The zero-order valence-corrected chi connectivity index (χ0v) is 16.9. The van der Waals surface area contributed by atoms with Crippen LogP contribution in [0, 0.1) is 18.8 Å². The highest BCUT2D eigenvalue weighted by Crippen LogP contribution is 2.44. The van der Waals surface area contributed by atoms with Crippen LogP contribution in [0.3, 0.4) is 0 Å². The minimum atomic E-state index is 0.0963. The molecule has 2 aliphatic rings. The lowest BCUT2D eigenvalue weighted by Gasteiger charge is -2.27. The second-order valence-electron chi connectivity index (χ2n) is 8.37. The first-order chi connectivity index (χ1) is 14.1. The van der Waals surface area contributed by atoms with Crippen molar-refractivity contribution >= 4 is 5.91 Å². The number of benzene rings is 2. The molecule has 2 aliphatic heterocycles. The molecule has 2 fully saturated rings. The second-order valence-corrected chi connectivity index (χ2v) is 8.37. The van der Waals surface area contributed by atoms with Crippen LogP contribution in [0.2, 0.25) is 0 Å². The monoisotopic (exact) mass is 386 g/mol. The summed E-state index contributed by atoms with van der Waals surface area (Å²) in [6.07, 6.45) is 0. The molecule has 3 aromatic rings. The lowest BCUT2D eigenvalue weighted by Crippen LogP contribution is -2.33. The lowest BCUT2D eigenvalue weighted by molar-refractivity contribution is 0.0768. The van der Waals surface area contributed by atoms with Crippen LogP contribution in [0.15, 0.2) is 60.7 Å². The topological polar surface area (TPSA) is 52.2 Å². The van der Waals surface area contributed by atoms with Gasteiger partial charge in [0.25, 0.3) is 5.91 Å². The van der Waals surface area contributed by atoms with E-state index in [1.54, 1.807) is 0 Å². The quantitative estimate of drug-likeness (QED) is 0.746. The predicted octanol–water partition coefficient (Wildman–Crippen LogP) is 3.76. The van der Waals surface area contributed by atoms with Gasteiger partial charge in [-0.25, -0.2) is 0 Å². The molecule has 0 radical (unpaired) electrons. The largest absolute Gasteiger partial charge is 0.338 e. The lowest BCUT2D eigenvalue weighted by atomic mass is 9.90. The summed E-state index contributed by atoms with van der Waals surface area (Å²) in [5.41, 5.74) is 4.62. The standard InChI is InChI=1S/C24H26N4O/c1-16-21(22(26-25-16)17-9-5-3-6-10-17)24(29)28-14-19-13-27(2)23(20(19)15-28)18-11-7-4-8-12-18/h3-12,19-20,23H,13-15H2,1-2H3,(H,25,26)/t19-,20+,23-/m0/s1. The number of carbonyl (C=O) groups excluding carboxylic acids is 1. The molecule has 3 atom stereocenters. The smallest absolute Gasteiger partial charge is 0.257 e. The maximum atomic E-state index is 13.5. The maximum absolute atomic E-state index is 13.5. The van der Waals surface area contributed by atoms with Crippen LogP contribution in [0.4, 0.5) is 0 Å². The number of rotatable bonds is 3. The molecule has 0 bridgehead atoms. The number of carbonyl (C=O) groups is 1. The Kier molecular flexibility index (Phi) is 4.47. The summed E-state index contributed by atoms with van der Waals surface area (Å²) < 4.78 is 0. The van der Waals surface area contributed by atoms with Gasteiger partial charge in [0.1, 0.15) is 5.69 Å². The van der Waals surface area contributed by atoms with Crippen molar-refractivity contribution in [3.8, 4) is 11.3 Å². The number of amides is 1. The highest BCUT2D eigenvalue weighted by atomic mass is 16.2. The molecular formula is C24H26N4O. The molecule has 2 saturated heterocycles. The minimum absolute atomic E-state index is 0.0963. The number of likely N-dealkylation sites (tertiary alicyclic amines) is 2. The van der Waals surface area contributed by atoms with Crippen molar-refractivity contribution in [3.05, 3.63) is 77.5 Å². The molecule has 0 saturated carbocycles. The molecule has 1 amide bonds. The van der Waals surface area contributed by atoms with E-state index >= 15 is 0 Å². The number of hydrogen-bond donors (Lipinski definition) is 1. The third-order valence-corrected chi connectivity index (χ3v) is 6.53. The molecular weight excluding hydrogens is 360 g/mol. The molecule has 5 nitrogen and oxygen atoms in total. The Morgan fingerprint density at radius 2 is 1.69 bits per heavy atom. The van der Waals surface area contributed by atoms with Gasteiger partial charge in [0.2, 0.25) is 0 Å². The molecule has 0 spiro atoms. The minimum Gasteiger partial charge on any atom is -0.338 e. The number of hydrogen-bond acceptors (Lipinski definition) is 3. The molecule has 0 aliphatic carbocycles. The average molecular weight is 386 g/mol. The van der Waals surface area contributed by atoms with Crippen LogP contribution in [0.1, 0.15) is 27.7 Å². The van der Waals surface area contributed by atoms with Gasteiger partial charge in [-0.2, -0.15) is 5.10 Å². The van der Waals surface area contributed by atoms with E-state index in [0.717, 1.165) is 36.6 Å². The first kappa shape index (κ1) is 18.1. The number of aromatic nitrogens is 2. The van der Waals surface area contributed by atoms with E-state index in [1.165, 1.54) is 5.56 Å². The van der Waals surface area contributed by atoms with E-state index < -0.39 is 0 Å². The fourth-order valence-corrected chi connectivity index (χ4v) is 5.23. The van der Waals surface area contributed by atoms with Crippen molar-refractivity contribution in [2.24, 2.45) is 11.8 Å². The van der Waals surface area contributed by atoms with Crippen LogP contribution < -0.4 is 0 Å². The molecule has 0 unspecified atom stereocenters. The van der Waals surface area contributed by atoms with Gasteiger partial charge in [0, 0.05) is 42.9 Å². The first-order valence-corrected chi connectivity index (χ1v) is 10.3. The van der Waals surface area contributed by atoms with Crippen LogP contribution in [-0.2, 0) is 0 Å². The predicted molar refractivity (Wildman–Crippen MR) is 113 cm³/mol. The van der Waals surface area contributed by atoms with Gasteiger partial charge < -0.3 is 4.90 Å². The summed E-state index contributed by atoms with van der Waals surface area (Å²) >= 11 is 0. The van der Waals surface area contributed by atoms with Gasteiger partial charge in [-0.1, -0.05) is 60.7 Å². The van der Waals surface area contributed by atoms with Crippen molar-refractivity contribution in [1.29, 1.82) is 0 Å². The molecule has 5 rings (SSSR count). The zero-order chi connectivity index (χ0) is 20.0. The second kappa shape index (κ2) is 7.16. The van der Waals surface area contributed by atoms with Crippen LogP contribution in [-0.4, -0.2) is 52.6 Å². The molecule has 148 valence electrons. The van der Waals surface area contributed by atoms with E-state index in [1.807, 2.05) is 42.2 Å². The number of H-pyrrole nitrogens is 1. The Morgan fingerprint density at radius 3 is 2.41 bits per heavy atom. The van der Waals surface area contributed by atoms with Gasteiger partial charge in [0.05, 0.1) is 5.56 Å². The molecule has 5 heteroatoms. The summed E-state index contributed by atoms with van der Waals surface area (Å²) in [6, 6.07) is 21.0. The third-order valence-electron chi connectivity index (χ3n) is 6.53. The number of nitrogens with zero attached hydrogens (tertiary/aromatic N) is 3. The van der Waals surface area contributed by atoms with Crippen LogP contribution in [0.25, 0.3) is 11.3 Å². The van der Waals surface area contributed by atoms with Crippen molar-refractivity contribution in [2.45, 2.75) is 13.0 Å². The van der Waals surface area contributed by atoms with Gasteiger partial charge in [-0.15, -0.1) is 0 Å². The Morgan fingerprint density at radius 1 is 1.00 bits per heavy atom. The van der Waals surface area contributed by atoms with Gasteiger partial charge in [-0.05, 0) is 25.5 Å². The summed E-state index contributed by atoms with van der Waals surface area (Å²) in [5.74, 6) is 1.08. The molecule has 1 N–H and O–H groups in total. The molecule has 29 heavy (non-hydrogen) atoms. The SMILES string of the molecule is Cc1[nH]nc(-c2ccccc2)c1C(=O)N1C[C@@H]2CN(C)[C@@H](c3ccccc3)[C@@H]2C1. The van der Waals surface area contributed by atoms with E-state index in [-0.39, 0.29) is 5.91 Å². The highest BCUT2D eigenvalue weighted by molar-refractivity contribution is 6.01. The molecule has 2 aromatic carbocycles. The normalized spacial score (nSPS) is 24.1. The Balaban J connectivity index is 1.42. The van der Waals surface area contributed by atoms with Crippen molar-refractivity contribution in [1.82, 2.24) is 20.0 Å². The Hall–Kier alpha value is -2.92. The zero-order valence-electron chi connectivity index (χ0n) is 16.9. The van der Waals surface area contributed by atoms with Crippen molar-refractivity contribution in [2.75, 3.05) is 26.7 Å². The molecule has 3 heterocycles. The van der Waals surface area contributed by atoms with E-state index in [0.29, 0.717) is 23.4 Å². The average Bonchev–Trinajstić information content (AvgIpc) is 3.41. The third kappa shape index (κ3) is 3.06. The van der Waals surface area contributed by atoms with Gasteiger partial charge in [0.15, 0.2) is 0 Å². The van der Waals surface area contributed by atoms with Crippen molar-refractivity contribution in [3.63, 3.8) is 0 Å².